The fourth-order valence-corrected chi connectivity index (χ4v) is 3.38. The van der Waals surface area contributed by atoms with Crippen molar-refractivity contribution in [3.63, 3.8) is 0 Å². The average Bonchev–Trinajstić information content (AvgIpc) is 2.90. The van der Waals surface area contributed by atoms with Crippen LogP contribution in [0, 0.1) is 0 Å². The van der Waals surface area contributed by atoms with Crippen LogP contribution in [-0.2, 0) is 0 Å². The number of allylic oxidation sites excluding steroid dienone is 13. The Labute approximate surface area is 152 Å². The molecule has 0 spiro atoms. The van der Waals surface area contributed by atoms with E-state index in [-0.39, 0.29) is 0 Å². The van der Waals surface area contributed by atoms with Gasteiger partial charge in [0.25, 0.3) is 0 Å². The highest BCUT2D eigenvalue weighted by Gasteiger charge is 2.15. The summed E-state index contributed by atoms with van der Waals surface area (Å²) in [6, 6.07) is 10.6. The van der Waals surface area contributed by atoms with Crippen LogP contribution >= 0.6 is 0 Å². The van der Waals surface area contributed by atoms with Crippen LogP contribution in [0.3, 0.4) is 0 Å². The quantitative estimate of drug-likeness (QED) is 0.516. The maximum atomic E-state index is 4.41. The Balaban J connectivity index is 2.02. The molecule has 0 amide bonds. The molecule has 3 rings (SSSR count). The molecule has 0 atom stereocenters. The summed E-state index contributed by atoms with van der Waals surface area (Å²) < 4.78 is 0. The number of benzene rings is 1. The molecule has 0 aliphatic heterocycles. The van der Waals surface area contributed by atoms with E-state index in [0.29, 0.717) is 0 Å². The molecule has 0 N–H and O–H groups in total. The summed E-state index contributed by atoms with van der Waals surface area (Å²) in [7, 11) is 0. The molecule has 0 radical (unpaired) electrons. The van der Waals surface area contributed by atoms with E-state index in [2.05, 4.69) is 92.4 Å². The van der Waals surface area contributed by atoms with Crippen LogP contribution in [0.2, 0.25) is 0 Å². The fourth-order valence-electron chi connectivity index (χ4n) is 3.38. The first-order chi connectivity index (χ1) is 12.3. The van der Waals surface area contributed by atoms with E-state index in [0.717, 1.165) is 31.3 Å². The number of rotatable bonds is 4. The third kappa shape index (κ3) is 4.28. The minimum Gasteiger partial charge on any atom is -0.0911 e. The van der Waals surface area contributed by atoms with Crippen molar-refractivity contribution >= 4 is 5.57 Å². The molecule has 0 saturated carbocycles. The predicted octanol–water partition coefficient (Wildman–Crippen LogP) is 7.13. The molecule has 0 bridgehead atoms. The Hall–Kier alpha value is -2.60. The molecule has 0 fully saturated rings. The highest BCUT2D eigenvalue weighted by molar-refractivity contribution is 5.84. The molecule has 126 valence electrons. The average molecular weight is 326 g/mol. The zero-order valence-electron chi connectivity index (χ0n) is 15.0. The van der Waals surface area contributed by atoms with Gasteiger partial charge in [0.05, 0.1) is 0 Å². The van der Waals surface area contributed by atoms with Gasteiger partial charge in [-0.15, -0.1) is 0 Å². The van der Waals surface area contributed by atoms with Crippen molar-refractivity contribution in [2.24, 2.45) is 0 Å². The first-order valence-electron chi connectivity index (χ1n) is 9.15. The molecule has 2 aliphatic carbocycles. The van der Waals surface area contributed by atoms with E-state index in [4.69, 9.17) is 0 Å². The van der Waals surface area contributed by atoms with E-state index in [1.54, 1.807) is 0 Å². The summed E-state index contributed by atoms with van der Waals surface area (Å²) in [6.07, 6.45) is 22.3. The normalized spacial score (nSPS) is 19.4. The highest BCUT2D eigenvalue weighted by atomic mass is 14.2. The molecule has 0 unspecified atom stereocenters. The molecule has 0 heterocycles. The summed E-state index contributed by atoms with van der Waals surface area (Å²) in [5.74, 6) is 0. The third-order valence-electron chi connectivity index (χ3n) is 4.71. The minimum absolute atomic E-state index is 1.06. The number of hydrogen-bond acceptors (Lipinski definition) is 0. The van der Waals surface area contributed by atoms with Gasteiger partial charge < -0.3 is 0 Å². The van der Waals surface area contributed by atoms with Crippen LogP contribution in [0.4, 0.5) is 0 Å². The summed E-state index contributed by atoms with van der Waals surface area (Å²) in [5.41, 5.74) is 7.54. The Kier molecular flexibility index (Phi) is 5.85. The summed E-state index contributed by atoms with van der Waals surface area (Å²) in [4.78, 5) is 0. The van der Waals surface area contributed by atoms with Crippen LogP contribution in [0.15, 0.2) is 108 Å². The molecule has 25 heavy (non-hydrogen) atoms. The molecule has 1 aromatic carbocycles. The SMILES string of the molecule is C=C(/C=C/C1=CCCC=C1)C1=C(c2ccccc2)C=CCC/C1=C/C. The van der Waals surface area contributed by atoms with Crippen molar-refractivity contribution < 1.29 is 0 Å². The van der Waals surface area contributed by atoms with Gasteiger partial charge in [0, 0.05) is 0 Å². The number of hydrogen-bond donors (Lipinski definition) is 0. The summed E-state index contributed by atoms with van der Waals surface area (Å²) >= 11 is 0. The second-order valence-electron chi connectivity index (χ2n) is 6.45. The molecule has 0 heteroatoms. The van der Waals surface area contributed by atoms with Gasteiger partial charge in [-0.2, -0.15) is 0 Å². The lowest BCUT2D eigenvalue weighted by molar-refractivity contribution is 0.996. The van der Waals surface area contributed by atoms with E-state index < -0.39 is 0 Å². The van der Waals surface area contributed by atoms with Crippen LogP contribution in [0.25, 0.3) is 5.57 Å². The first kappa shape index (κ1) is 17.2. The van der Waals surface area contributed by atoms with E-state index in [1.165, 1.54) is 27.9 Å². The molecule has 2 aliphatic rings. The zero-order valence-corrected chi connectivity index (χ0v) is 15.0. The first-order valence-corrected chi connectivity index (χ1v) is 9.15. The molecule has 0 saturated heterocycles. The van der Waals surface area contributed by atoms with Crippen LogP contribution in [0.1, 0.15) is 38.2 Å². The Morgan fingerprint density at radius 1 is 1.00 bits per heavy atom. The second-order valence-corrected chi connectivity index (χ2v) is 6.45. The standard InChI is InChI=1S/C25H26/c1-3-22-14-10-11-17-24(23-15-8-5-9-16-23)25(22)20(2)18-19-21-12-6-4-7-13-21/h3,5-6,8-9,11-13,15-19H,2,4,7,10,14H2,1H3/b19-18+,22-3-. The van der Waals surface area contributed by atoms with Crippen LogP contribution in [-0.4, -0.2) is 0 Å². The molecule has 0 nitrogen and oxygen atoms in total. The maximum absolute atomic E-state index is 4.41. The Morgan fingerprint density at radius 3 is 2.52 bits per heavy atom. The van der Waals surface area contributed by atoms with Gasteiger partial charge in [-0.3, -0.25) is 0 Å². The summed E-state index contributed by atoms with van der Waals surface area (Å²) in [6.45, 7) is 6.54. The van der Waals surface area contributed by atoms with Gasteiger partial charge in [0.2, 0.25) is 0 Å². The third-order valence-corrected chi connectivity index (χ3v) is 4.71. The van der Waals surface area contributed by atoms with Gasteiger partial charge in [-0.25, -0.2) is 0 Å². The Bertz CT molecular complexity index is 805. The van der Waals surface area contributed by atoms with Crippen molar-refractivity contribution in [2.75, 3.05) is 0 Å². The predicted molar refractivity (Wildman–Crippen MR) is 110 cm³/mol. The topological polar surface area (TPSA) is 0 Å². The smallest absolute Gasteiger partial charge is 0.00825 e. The van der Waals surface area contributed by atoms with E-state index >= 15 is 0 Å². The van der Waals surface area contributed by atoms with E-state index in [9.17, 15) is 0 Å². The monoisotopic (exact) mass is 326 g/mol. The van der Waals surface area contributed by atoms with Gasteiger partial charge >= 0.3 is 0 Å². The van der Waals surface area contributed by atoms with Crippen LogP contribution in [0.5, 0.6) is 0 Å². The van der Waals surface area contributed by atoms with Gasteiger partial charge in [-0.1, -0.05) is 85.5 Å². The lowest BCUT2D eigenvalue weighted by Gasteiger charge is -2.16. The highest BCUT2D eigenvalue weighted by Crippen LogP contribution is 2.35. The van der Waals surface area contributed by atoms with Gasteiger partial charge in [0.1, 0.15) is 0 Å². The van der Waals surface area contributed by atoms with Gasteiger partial charge in [-0.05, 0) is 66.0 Å². The van der Waals surface area contributed by atoms with Crippen molar-refractivity contribution in [1.82, 2.24) is 0 Å². The zero-order chi connectivity index (χ0) is 17.5. The van der Waals surface area contributed by atoms with Crippen molar-refractivity contribution in [1.29, 1.82) is 0 Å². The molecular weight excluding hydrogens is 300 g/mol. The molecular formula is C25H26. The Morgan fingerprint density at radius 2 is 1.80 bits per heavy atom. The summed E-state index contributed by atoms with van der Waals surface area (Å²) in [5, 5.41) is 0. The van der Waals surface area contributed by atoms with Crippen molar-refractivity contribution in [3.05, 3.63) is 113 Å². The van der Waals surface area contributed by atoms with Crippen molar-refractivity contribution in [2.45, 2.75) is 32.6 Å². The van der Waals surface area contributed by atoms with Crippen LogP contribution < -0.4 is 0 Å². The second kappa shape index (κ2) is 8.48. The molecule has 0 aromatic heterocycles. The minimum atomic E-state index is 1.06. The van der Waals surface area contributed by atoms with Crippen molar-refractivity contribution in [3.8, 4) is 0 Å². The molecule has 1 aromatic rings. The largest absolute Gasteiger partial charge is 0.0911 e. The van der Waals surface area contributed by atoms with Gasteiger partial charge in [0.15, 0.2) is 0 Å². The lowest BCUT2D eigenvalue weighted by atomic mass is 9.88. The van der Waals surface area contributed by atoms with E-state index in [1.807, 2.05) is 0 Å². The lowest BCUT2D eigenvalue weighted by Crippen LogP contribution is -1.96. The maximum Gasteiger partial charge on any atom is -0.00825 e. The fraction of sp³-hybridized carbons (Fsp3) is 0.200.